The van der Waals surface area contributed by atoms with Crippen molar-refractivity contribution in [2.45, 2.75) is 25.9 Å². The molecule has 0 bridgehead atoms. The van der Waals surface area contributed by atoms with Crippen LogP contribution in [0.4, 0.5) is 5.69 Å². The summed E-state index contributed by atoms with van der Waals surface area (Å²) < 4.78 is 3.34. The van der Waals surface area contributed by atoms with Crippen LogP contribution in [0.25, 0.3) is 38.7 Å². The Hall–Kier alpha value is -5.01. The largest absolute Gasteiger partial charge is 0.301 e. The average molecular weight is 530 g/mol. The van der Waals surface area contributed by atoms with Crippen LogP contribution in [0.3, 0.4) is 0 Å². The molecule has 6 rings (SSSR count). The van der Waals surface area contributed by atoms with Gasteiger partial charge in [-0.05, 0) is 55.8 Å². The Balaban J connectivity index is 1.16. The van der Waals surface area contributed by atoms with E-state index in [9.17, 15) is 4.79 Å². The predicted molar refractivity (Wildman–Crippen MR) is 151 cm³/mol. The van der Waals surface area contributed by atoms with Crippen molar-refractivity contribution < 1.29 is 0 Å². The molecule has 0 spiro atoms. The van der Waals surface area contributed by atoms with Gasteiger partial charge in [-0.3, -0.25) is 9.48 Å². The minimum absolute atomic E-state index is 0.192. The molecule has 0 N–H and O–H groups in total. The molecule has 5 heterocycles. The fourth-order valence-electron chi connectivity index (χ4n) is 4.79. The predicted octanol–water partition coefficient (Wildman–Crippen LogP) is 4.32. The number of benzene rings is 1. The number of likely N-dealkylation sites (tertiary alicyclic amines) is 1. The van der Waals surface area contributed by atoms with Gasteiger partial charge in [-0.15, -0.1) is 0 Å². The van der Waals surface area contributed by atoms with E-state index in [2.05, 4.69) is 29.9 Å². The minimum Gasteiger partial charge on any atom is -0.301 e. The number of hydrogen-bond acceptors (Lipinski definition) is 7. The van der Waals surface area contributed by atoms with Crippen LogP contribution in [0.2, 0.25) is 0 Å². The molecule has 1 aromatic carbocycles. The van der Waals surface area contributed by atoms with E-state index in [1.807, 2.05) is 41.3 Å². The van der Waals surface area contributed by atoms with Crippen molar-refractivity contribution >= 4 is 5.69 Å². The van der Waals surface area contributed by atoms with E-state index in [0.717, 1.165) is 29.8 Å². The highest BCUT2D eigenvalue weighted by atomic mass is 16.1. The number of aromatic nitrogens is 7. The molecule has 0 saturated carbocycles. The van der Waals surface area contributed by atoms with E-state index < -0.39 is 0 Å². The van der Waals surface area contributed by atoms with Gasteiger partial charge in [0.1, 0.15) is 5.69 Å². The first-order valence-corrected chi connectivity index (χ1v) is 13.2. The summed E-state index contributed by atoms with van der Waals surface area (Å²) in [5, 5.41) is 9.02. The Morgan fingerprint density at radius 2 is 1.68 bits per heavy atom. The standard InChI is InChI=1S/C30H27N9O/c1-31-25-7-4-6-22(16-25)27-10-11-29(40)39(36-27)21-26-8-5-9-28(35-26)30-32-17-23(18-33-30)24-19-34-38(20-24)15-14-37-12-2-3-13-37/h4-11,16-20H,2-3,12-15,21H2. The SMILES string of the molecule is [C-]#[N+]c1cccc(-c2ccc(=O)n(Cc3cccc(-c4ncc(-c5cnn(CCN6CCCC6)c5)cn4)n3)n2)c1. The lowest BCUT2D eigenvalue weighted by Gasteiger charge is -2.13. The lowest BCUT2D eigenvalue weighted by molar-refractivity contribution is 0.316. The van der Waals surface area contributed by atoms with Crippen molar-refractivity contribution in [1.82, 2.24) is 39.4 Å². The molecule has 0 unspecified atom stereocenters. The van der Waals surface area contributed by atoms with Gasteiger partial charge in [-0.25, -0.2) is 24.5 Å². The lowest BCUT2D eigenvalue weighted by atomic mass is 10.1. The first kappa shape index (κ1) is 25.3. The summed E-state index contributed by atoms with van der Waals surface area (Å²) in [6, 6.07) is 15.9. The second-order valence-corrected chi connectivity index (χ2v) is 9.73. The minimum atomic E-state index is -0.237. The summed E-state index contributed by atoms with van der Waals surface area (Å²) in [6.07, 6.45) is 10.0. The summed E-state index contributed by atoms with van der Waals surface area (Å²) in [6.45, 7) is 11.7. The molecule has 0 amide bonds. The topological polar surface area (TPSA) is 99.0 Å². The molecule has 4 aromatic heterocycles. The molecule has 1 aliphatic heterocycles. The van der Waals surface area contributed by atoms with Crippen LogP contribution in [0, 0.1) is 6.57 Å². The van der Waals surface area contributed by atoms with Crippen molar-refractivity contribution in [2.24, 2.45) is 0 Å². The van der Waals surface area contributed by atoms with Crippen molar-refractivity contribution in [3.8, 4) is 33.9 Å². The fourth-order valence-corrected chi connectivity index (χ4v) is 4.79. The normalized spacial score (nSPS) is 13.4. The molecular weight excluding hydrogens is 502 g/mol. The maximum Gasteiger partial charge on any atom is 0.267 e. The third-order valence-corrected chi connectivity index (χ3v) is 6.95. The number of hydrogen-bond donors (Lipinski definition) is 0. The van der Waals surface area contributed by atoms with Gasteiger partial charge < -0.3 is 4.90 Å². The molecule has 0 atom stereocenters. The van der Waals surface area contributed by atoms with E-state index >= 15 is 0 Å². The summed E-state index contributed by atoms with van der Waals surface area (Å²) >= 11 is 0. The first-order valence-electron chi connectivity index (χ1n) is 13.2. The monoisotopic (exact) mass is 529 g/mol. The Labute approximate surface area is 231 Å². The van der Waals surface area contributed by atoms with E-state index in [0.29, 0.717) is 28.6 Å². The highest BCUT2D eigenvalue weighted by Gasteiger charge is 2.12. The molecule has 5 aromatic rings. The first-order chi connectivity index (χ1) is 19.6. The van der Waals surface area contributed by atoms with Crippen LogP contribution >= 0.6 is 0 Å². The van der Waals surface area contributed by atoms with Crippen LogP contribution in [-0.2, 0) is 13.1 Å². The molecule has 1 fully saturated rings. The summed E-state index contributed by atoms with van der Waals surface area (Å²) in [7, 11) is 0. The zero-order chi connectivity index (χ0) is 27.3. The molecule has 1 saturated heterocycles. The second-order valence-electron chi connectivity index (χ2n) is 9.73. The molecule has 0 radical (unpaired) electrons. The van der Waals surface area contributed by atoms with Gasteiger partial charge in [0.05, 0.1) is 37.2 Å². The van der Waals surface area contributed by atoms with Gasteiger partial charge in [0.25, 0.3) is 5.56 Å². The third kappa shape index (κ3) is 5.70. The molecule has 10 nitrogen and oxygen atoms in total. The molecule has 0 aliphatic carbocycles. The molecule has 198 valence electrons. The second kappa shape index (κ2) is 11.4. The highest BCUT2D eigenvalue weighted by Crippen LogP contribution is 2.22. The summed E-state index contributed by atoms with van der Waals surface area (Å²) in [4.78, 5) is 32.3. The molecular formula is C30H27N9O. The van der Waals surface area contributed by atoms with Gasteiger partial charge in [-0.1, -0.05) is 24.3 Å². The third-order valence-electron chi connectivity index (χ3n) is 6.95. The van der Waals surface area contributed by atoms with Gasteiger partial charge in [-0.2, -0.15) is 10.2 Å². The van der Waals surface area contributed by atoms with Crippen LogP contribution in [0.15, 0.2) is 84.2 Å². The Bertz CT molecular complexity index is 1730. The fraction of sp³-hybridized carbons (Fsp3) is 0.233. The molecule has 10 heteroatoms. The summed E-state index contributed by atoms with van der Waals surface area (Å²) in [5.74, 6) is 0.497. The van der Waals surface area contributed by atoms with Gasteiger partial charge in [0.2, 0.25) is 0 Å². The van der Waals surface area contributed by atoms with Gasteiger partial charge >= 0.3 is 0 Å². The van der Waals surface area contributed by atoms with Gasteiger partial charge in [0, 0.05) is 42.3 Å². The zero-order valence-corrected chi connectivity index (χ0v) is 21.9. The van der Waals surface area contributed by atoms with Crippen LogP contribution in [-0.4, -0.2) is 59.0 Å². The molecule has 1 aliphatic rings. The molecule has 40 heavy (non-hydrogen) atoms. The van der Waals surface area contributed by atoms with E-state index in [-0.39, 0.29) is 12.1 Å². The van der Waals surface area contributed by atoms with Gasteiger partial charge in [0.15, 0.2) is 11.5 Å². The average Bonchev–Trinajstić information content (AvgIpc) is 3.70. The number of rotatable bonds is 8. The maximum atomic E-state index is 12.6. The van der Waals surface area contributed by atoms with Crippen molar-refractivity contribution in [3.05, 3.63) is 107 Å². The van der Waals surface area contributed by atoms with Crippen LogP contribution in [0.1, 0.15) is 18.5 Å². The van der Waals surface area contributed by atoms with E-state index in [1.54, 1.807) is 36.7 Å². The van der Waals surface area contributed by atoms with Crippen LogP contribution in [0.5, 0.6) is 0 Å². The van der Waals surface area contributed by atoms with E-state index in [1.165, 1.54) is 36.7 Å². The Morgan fingerprint density at radius 1 is 0.850 bits per heavy atom. The van der Waals surface area contributed by atoms with E-state index in [4.69, 9.17) is 11.6 Å². The zero-order valence-electron chi connectivity index (χ0n) is 21.9. The highest BCUT2D eigenvalue weighted by molar-refractivity contribution is 5.65. The quantitative estimate of drug-likeness (QED) is 0.276. The summed E-state index contributed by atoms with van der Waals surface area (Å²) in [5.41, 5.74) is 4.80. The van der Waals surface area contributed by atoms with Crippen LogP contribution < -0.4 is 5.56 Å². The number of nitrogens with zero attached hydrogens (tertiary/aromatic N) is 9. The van der Waals surface area contributed by atoms with Crippen molar-refractivity contribution in [3.63, 3.8) is 0 Å². The lowest BCUT2D eigenvalue weighted by Crippen LogP contribution is -2.24. The van der Waals surface area contributed by atoms with Crippen molar-refractivity contribution in [2.75, 3.05) is 19.6 Å². The Morgan fingerprint density at radius 3 is 2.50 bits per heavy atom. The Kier molecular flexibility index (Phi) is 7.20. The van der Waals surface area contributed by atoms with Crippen molar-refractivity contribution in [1.29, 1.82) is 0 Å². The number of pyridine rings is 1. The maximum absolute atomic E-state index is 12.6. The smallest absolute Gasteiger partial charge is 0.267 e.